The summed E-state index contributed by atoms with van der Waals surface area (Å²) in [6, 6.07) is 0. The molecule has 0 aromatic heterocycles. The van der Waals surface area contributed by atoms with Gasteiger partial charge in [0.1, 0.15) is 0 Å². The van der Waals surface area contributed by atoms with Gasteiger partial charge in [0.2, 0.25) is 0 Å². The Hall–Kier alpha value is 1.12. The Morgan fingerprint density at radius 3 is 1.67 bits per heavy atom. The van der Waals surface area contributed by atoms with Gasteiger partial charge in [-0.2, -0.15) is 0 Å². The minimum atomic E-state index is -1.08. The van der Waals surface area contributed by atoms with Crippen LogP contribution in [0.4, 0.5) is 0 Å². The zero-order valence-electron chi connectivity index (χ0n) is 3.65. The Morgan fingerprint density at radius 2 is 1.67 bits per heavy atom. The number of aliphatic carboxylic acids is 1. The molecule has 6 heavy (non-hydrogen) atoms. The van der Waals surface area contributed by atoms with Crippen LogP contribution in [0.15, 0.2) is 0 Å². The minimum absolute atomic E-state index is 0. The van der Waals surface area contributed by atoms with Gasteiger partial charge in [0, 0.05) is 26.1 Å². The Balaban J connectivity index is -0.0000000450. The third-order valence-corrected chi connectivity index (χ3v) is 0. The maximum absolute atomic E-state index is 8.89. The smallest absolute Gasteiger partial charge is 0.550 e. The fraction of sp³-hybridized carbons (Fsp3) is 0.500. The number of hydrogen-bond donors (Lipinski definition) is 0. The number of hydrogen-bond acceptors (Lipinski definition) is 2. The maximum Gasteiger partial charge on any atom is 1.00 e. The van der Waals surface area contributed by atoms with Gasteiger partial charge in [-0.25, -0.2) is 0 Å². The zero-order chi connectivity index (χ0) is 3.58. The molecule has 0 N–H and O–H groups in total. The molecule has 0 spiro atoms. The van der Waals surface area contributed by atoms with Crippen LogP contribution in [0.5, 0.6) is 0 Å². The molecule has 0 saturated carbocycles. The van der Waals surface area contributed by atoms with E-state index in [1.165, 1.54) is 0 Å². The van der Waals surface area contributed by atoms with E-state index in [1.807, 2.05) is 0 Å². The monoisotopic (exact) mass is 275 g/mol. The molecule has 4 heteroatoms. The third-order valence-electron chi connectivity index (χ3n) is 0. The first-order valence-electron chi connectivity index (χ1n) is 0.908. The van der Waals surface area contributed by atoms with E-state index in [1.54, 1.807) is 0 Å². The van der Waals surface area contributed by atoms with Crippen LogP contribution in [0.3, 0.4) is 0 Å². The Labute approximate surface area is 72.0 Å². The van der Waals surface area contributed by atoms with Gasteiger partial charge < -0.3 is 9.90 Å². The Bertz CT molecular complexity index is 34.5. The second-order valence-electron chi connectivity index (χ2n) is 0.492. The van der Waals surface area contributed by atoms with E-state index >= 15 is 0 Å². The van der Waals surface area contributed by atoms with Gasteiger partial charge in [-0.15, -0.1) is 0 Å². The number of carbonyl (C=O) groups is 1. The van der Waals surface area contributed by atoms with Crippen LogP contribution in [0.1, 0.15) is 6.92 Å². The van der Waals surface area contributed by atoms with E-state index < -0.39 is 5.97 Å². The van der Waals surface area contributed by atoms with E-state index in [4.69, 9.17) is 9.90 Å². The van der Waals surface area contributed by atoms with Crippen molar-refractivity contribution in [3.05, 3.63) is 0 Å². The van der Waals surface area contributed by atoms with Crippen LogP contribution < -0.4 is 34.7 Å². The molecule has 33 valence electrons. The van der Waals surface area contributed by atoms with Crippen molar-refractivity contribution in [1.82, 2.24) is 0 Å². The van der Waals surface area contributed by atoms with Crippen LogP contribution in [0, 0.1) is 0 Å². The molecule has 1 radical (unpaired) electrons. The molecule has 0 atom stereocenters. The van der Waals surface area contributed by atoms with Crippen LogP contribution in [0.2, 0.25) is 0 Å². The molecular weight excluding hydrogens is 271 g/mol. The predicted molar refractivity (Wildman–Crippen MR) is 10.7 cm³/mol. The van der Waals surface area contributed by atoms with E-state index in [9.17, 15) is 0 Å². The molecule has 0 heterocycles. The average molecular weight is 274 g/mol. The zero-order valence-corrected chi connectivity index (χ0v) is 8.04. The van der Waals surface area contributed by atoms with Crippen LogP contribution in [-0.2, 0) is 24.9 Å². The van der Waals surface area contributed by atoms with Gasteiger partial charge >= 0.3 is 29.6 Å². The molecule has 0 aromatic rings. The minimum Gasteiger partial charge on any atom is -0.550 e. The summed E-state index contributed by atoms with van der Waals surface area (Å²) >= 11 is 0. The SMILES string of the molecule is CC(=O)[O-].[Ir].[Na+]. The summed E-state index contributed by atoms with van der Waals surface area (Å²) in [5.74, 6) is -1.08. The summed E-state index contributed by atoms with van der Waals surface area (Å²) in [5, 5.41) is 8.89. The average Bonchev–Trinajstić information content (AvgIpc) is 0.811. The Morgan fingerprint density at radius 1 is 1.67 bits per heavy atom. The third kappa shape index (κ3) is 69.3. The van der Waals surface area contributed by atoms with Crippen molar-refractivity contribution in [3.63, 3.8) is 0 Å². The summed E-state index contributed by atoms with van der Waals surface area (Å²) < 4.78 is 0. The summed E-state index contributed by atoms with van der Waals surface area (Å²) in [6.45, 7) is 0.972. The Kier molecular flexibility index (Phi) is 24.7. The fourth-order valence-corrected chi connectivity index (χ4v) is 0. The molecule has 0 aliphatic carbocycles. The second-order valence-corrected chi connectivity index (χ2v) is 0.492. The molecular formula is C2H3IrNaO2. The largest absolute Gasteiger partial charge is 1.00 e. The first-order valence-corrected chi connectivity index (χ1v) is 0.908. The summed E-state index contributed by atoms with van der Waals surface area (Å²) in [5.41, 5.74) is 0. The summed E-state index contributed by atoms with van der Waals surface area (Å²) in [4.78, 5) is 8.89. The van der Waals surface area contributed by atoms with Crippen molar-refractivity contribution in [3.8, 4) is 0 Å². The predicted octanol–water partition coefficient (Wildman–Crippen LogP) is -4.24. The standard InChI is InChI=1S/C2H4O2.Ir.Na/c1-2(3)4;;/h1H3,(H,3,4);;/q;;+1/p-1. The first-order chi connectivity index (χ1) is 1.73. The quantitative estimate of drug-likeness (QED) is 0.420. The van der Waals surface area contributed by atoms with Gasteiger partial charge in [0.05, 0.1) is 0 Å². The summed E-state index contributed by atoms with van der Waals surface area (Å²) in [6.07, 6.45) is 0. The van der Waals surface area contributed by atoms with E-state index in [-0.39, 0.29) is 49.7 Å². The van der Waals surface area contributed by atoms with E-state index in [2.05, 4.69) is 0 Å². The molecule has 0 unspecified atom stereocenters. The van der Waals surface area contributed by atoms with Crippen LogP contribution >= 0.6 is 0 Å². The molecule has 0 aliphatic rings. The number of carbonyl (C=O) groups excluding carboxylic acids is 1. The molecule has 0 aliphatic heterocycles. The first kappa shape index (κ1) is 15.7. The van der Waals surface area contributed by atoms with Gasteiger partial charge in [-0.05, 0) is 6.92 Å². The second kappa shape index (κ2) is 9.45. The van der Waals surface area contributed by atoms with Gasteiger partial charge in [-0.1, -0.05) is 0 Å². The van der Waals surface area contributed by atoms with Crippen molar-refractivity contribution in [1.29, 1.82) is 0 Å². The van der Waals surface area contributed by atoms with E-state index in [0.29, 0.717) is 0 Å². The van der Waals surface area contributed by atoms with Crippen molar-refractivity contribution in [2.45, 2.75) is 6.92 Å². The molecule has 0 aromatic carbocycles. The molecule has 0 saturated heterocycles. The molecule has 0 bridgehead atoms. The van der Waals surface area contributed by atoms with Crippen LogP contribution in [0.25, 0.3) is 0 Å². The molecule has 0 amide bonds. The van der Waals surface area contributed by atoms with Gasteiger partial charge in [0.25, 0.3) is 0 Å². The topological polar surface area (TPSA) is 40.1 Å². The molecule has 0 rings (SSSR count). The normalized spacial score (nSPS) is 4.17. The molecule has 0 fully saturated rings. The van der Waals surface area contributed by atoms with Crippen molar-refractivity contribution in [2.24, 2.45) is 0 Å². The summed E-state index contributed by atoms with van der Waals surface area (Å²) in [7, 11) is 0. The maximum atomic E-state index is 8.89. The van der Waals surface area contributed by atoms with Gasteiger partial charge in [0.15, 0.2) is 0 Å². The van der Waals surface area contributed by atoms with Crippen molar-refractivity contribution in [2.75, 3.05) is 0 Å². The van der Waals surface area contributed by atoms with E-state index in [0.717, 1.165) is 6.92 Å². The number of rotatable bonds is 0. The number of carboxylic acid groups (broad SMARTS) is 1. The van der Waals surface area contributed by atoms with Crippen molar-refractivity contribution >= 4 is 5.97 Å². The van der Waals surface area contributed by atoms with Crippen LogP contribution in [-0.4, -0.2) is 5.97 Å². The van der Waals surface area contributed by atoms with Crippen molar-refractivity contribution < 1.29 is 59.6 Å². The molecule has 2 nitrogen and oxygen atoms in total. The number of carboxylic acids is 1. The van der Waals surface area contributed by atoms with Gasteiger partial charge in [-0.3, -0.25) is 0 Å². The fourth-order valence-electron chi connectivity index (χ4n) is 0.